The van der Waals surface area contributed by atoms with E-state index in [1.54, 1.807) is 0 Å². The first kappa shape index (κ1) is 240. The van der Waals surface area contributed by atoms with Crippen LogP contribution in [0.15, 0.2) is 0 Å². The second kappa shape index (κ2) is 158. The van der Waals surface area contributed by atoms with Crippen LogP contribution in [0.4, 0.5) is 0 Å². The molecule has 0 bridgehead atoms. The van der Waals surface area contributed by atoms with Gasteiger partial charge in [-0.05, 0) is 0 Å². The maximum absolute atomic E-state index is 0. The summed E-state index contributed by atoms with van der Waals surface area (Å²) in [5.41, 5.74) is 0. The molecule has 10 radical (unpaired) electrons. The summed E-state index contributed by atoms with van der Waals surface area (Å²) < 4.78 is 0. The van der Waals surface area contributed by atoms with Gasteiger partial charge in [0.25, 0.3) is 0 Å². The molecule has 0 atom stereocenters. The van der Waals surface area contributed by atoms with Crippen molar-refractivity contribution in [3.05, 3.63) is 0 Å². The second-order valence-corrected chi connectivity index (χ2v) is 0. The average molecular weight is 208 g/mol. The molecule has 0 aromatic rings. The molecule has 0 saturated heterocycles. The van der Waals surface area contributed by atoms with E-state index in [1.165, 1.54) is 0 Å². The zero-order valence-corrected chi connectivity index (χ0v) is 7.59. The Morgan fingerprint density at radius 3 is 0.429 bits per heavy atom. The third-order valence-electron chi connectivity index (χ3n) is 0. The molecule has 0 aliphatic heterocycles. The Hall–Kier alpha value is 1.38. The number of hydrogen-bond donors (Lipinski definition) is 0. The SMILES string of the molecule is [Cr+3].[Cr+3].[O-2].[O-2].[O-2].[Si].[Si]. The molecule has 0 unspecified atom stereocenters. The van der Waals surface area contributed by atoms with Crippen LogP contribution in [0.5, 0.6) is 0 Å². The molecular formula is Cr2O3Si2. The van der Waals surface area contributed by atoms with Crippen molar-refractivity contribution in [3.8, 4) is 0 Å². The molecule has 0 rings (SSSR count). The quantitative estimate of drug-likeness (QED) is 0.451. The summed E-state index contributed by atoms with van der Waals surface area (Å²) in [6, 6.07) is 0. The van der Waals surface area contributed by atoms with Crippen LogP contribution in [0, 0.1) is 0 Å². The summed E-state index contributed by atoms with van der Waals surface area (Å²) >= 11 is 0. The van der Waals surface area contributed by atoms with Gasteiger partial charge in [0, 0.05) is 21.9 Å². The minimum atomic E-state index is 0. The van der Waals surface area contributed by atoms with Crippen LogP contribution in [0.25, 0.3) is 0 Å². The van der Waals surface area contributed by atoms with Gasteiger partial charge in [-0.1, -0.05) is 0 Å². The summed E-state index contributed by atoms with van der Waals surface area (Å²) in [5, 5.41) is 0. The summed E-state index contributed by atoms with van der Waals surface area (Å²) in [7, 11) is 0. The molecule has 7 heavy (non-hydrogen) atoms. The normalized spacial score (nSPS) is 0. The number of hydrogen-bond acceptors (Lipinski definition) is 0. The average Bonchev–Trinajstić information content (AvgIpc) is 0. The summed E-state index contributed by atoms with van der Waals surface area (Å²) in [5.74, 6) is 0. The smallest absolute Gasteiger partial charge is 2.00 e. The minimum Gasteiger partial charge on any atom is -2.00 e. The molecular weight excluding hydrogens is 208 g/mol. The van der Waals surface area contributed by atoms with Gasteiger partial charge in [-0.25, -0.2) is 0 Å². The maximum Gasteiger partial charge on any atom is 3.00 e. The molecule has 0 amide bonds. The Balaban J connectivity index is 0. The van der Waals surface area contributed by atoms with E-state index in [1.807, 2.05) is 0 Å². The van der Waals surface area contributed by atoms with Crippen molar-refractivity contribution in [1.82, 2.24) is 0 Å². The summed E-state index contributed by atoms with van der Waals surface area (Å²) in [4.78, 5) is 0. The van der Waals surface area contributed by atoms with Crippen molar-refractivity contribution in [2.75, 3.05) is 0 Å². The Bertz CT molecular complexity index is 10.9. The van der Waals surface area contributed by atoms with E-state index in [-0.39, 0.29) is 73.1 Å². The fraction of sp³-hybridized carbons (Fsp3) is 0. The minimum absolute atomic E-state index is 0. The van der Waals surface area contributed by atoms with Crippen molar-refractivity contribution in [3.63, 3.8) is 0 Å². The monoisotopic (exact) mass is 208 g/mol. The molecule has 7 heteroatoms. The topological polar surface area (TPSA) is 85.5 Å². The first-order valence-electron chi connectivity index (χ1n) is 0. The van der Waals surface area contributed by atoms with E-state index in [0.29, 0.717) is 0 Å². The standard InChI is InChI=1S/2Cr.3O.2Si/q2*+3;3*-2;;. The zero-order valence-electron chi connectivity index (χ0n) is 3.04. The molecule has 0 aliphatic carbocycles. The van der Waals surface area contributed by atoms with E-state index in [9.17, 15) is 0 Å². The maximum atomic E-state index is 0. The van der Waals surface area contributed by atoms with E-state index in [0.717, 1.165) is 0 Å². The molecule has 0 heterocycles. The molecule has 0 aromatic heterocycles. The fourth-order valence-electron chi connectivity index (χ4n) is 0. The molecule has 0 fully saturated rings. The van der Waals surface area contributed by atoms with Crippen molar-refractivity contribution in [2.45, 2.75) is 0 Å². The van der Waals surface area contributed by atoms with Gasteiger partial charge >= 0.3 is 34.7 Å². The van der Waals surface area contributed by atoms with Gasteiger partial charge in [0.1, 0.15) is 0 Å². The van der Waals surface area contributed by atoms with Crippen molar-refractivity contribution < 1.29 is 51.2 Å². The van der Waals surface area contributed by atoms with Crippen LogP contribution >= 0.6 is 0 Å². The van der Waals surface area contributed by atoms with E-state index in [2.05, 4.69) is 0 Å². The first-order valence-corrected chi connectivity index (χ1v) is 0. The Morgan fingerprint density at radius 2 is 0.429 bits per heavy atom. The molecule has 3 nitrogen and oxygen atoms in total. The van der Waals surface area contributed by atoms with E-state index < -0.39 is 0 Å². The first-order chi connectivity index (χ1) is 0. The predicted octanol–water partition coefficient (Wildman–Crippen LogP) is -1.12. The molecule has 0 saturated carbocycles. The number of rotatable bonds is 0. The van der Waals surface area contributed by atoms with Crippen molar-refractivity contribution in [1.29, 1.82) is 0 Å². The fourth-order valence-corrected chi connectivity index (χ4v) is 0. The third-order valence-corrected chi connectivity index (χ3v) is 0. The van der Waals surface area contributed by atoms with Crippen LogP contribution in [-0.4, -0.2) is 21.9 Å². The van der Waals surface area contributed by atoms with Gasteiger partial charge in [0.05, 0.1) is 0 Å². The molecule has 0 aromatic carbocycles. The van der Waals surface area contributed by atoms with Gasteiger partial charge in [-0.3, -0.25) is 0 Å². The van der Waals surface area contributed by atoms with Gasteiger partial charge in [0.2, 0.25) is 0 Å². The summed E-state index contributed by atoms with van der Waals surface area (Å²) in [6.45, 7) is 0. The zero-order chi connectivity index (χ0) is 0. The van der Waals surface area contributed by atoms with Crippen LogP contribution < -0.4 is 0 Å². The Labute approximate surface area is 73.1 Å². The van der Waals surface area contributed by atoms with Gasteiger partial charge < -0.3 is 16.4 Å². The van der Waals surface area contributed by atoms with E-state index >= 15 is 0 Å². The molecule has 0 N–H and O–H groups in total. The molecule has 0 spiro atoms. The second-order valence-electron chi connectivity index (χ2n) is 0. The van der Waals surface area contributed by atoms with Crippen LogP contribution in [-0.2, 0) is 51.2 Å². The third kappa shape index (κ3) is 112. The largest absolute Gasteiger partial charge is 3.00 e. The molecule has 38 valence electrons. The Morgan fingerprint density at radius 1 is 0.429 bits per heavy atom. The Kier molecular flexibility index (Phi) is 5420. The van der Waals surface area contributed by atoms with Gasteiger partial charge in [0.15, 0.2) is 0 Å². The van der Waals surface area contributed by atoms with E-state index in [4.69, 9.17) is 0 Å². The van der Waals surface area contributed by atoms with Crippen molar-refractivity contribution >= 4 is 21.9 Å². The molecule has 0 aliphatic rings. The van der Waals surface area contributed by atoms with Gasteiger partial charge in [-0.15, -0.1) is 0 Å². The van der Waals surface area contributed by atoms with Crippen LogP contribution in [0.3, 0.4) is 0 Å². The van der Waals surface area contributed by atoms with Crippen LogP contribution in [0.2, 0.25) is 0 Å². The predicted molar refractivity (Wildman–Crippen MR) is 13.6 cm³/mol. The van der Waals surface area contributed by atoms with Crippen LogP contribution in [0.1, 0.15) is 0 Å². The summed E-state index contributed by atoms with van der Waals surface area (Å²) in [6.07, 6.45) is 0. The van der Waals surface area contributed by atoms with Gasteiger partial charge in [-0.2, -0.15) is 0 Å². The van der Waals surface area contributed by atoms with Crippen molar-refractivity contribution in [2.24, 2.45) is 0 Å².